The Bertz CT molecular complexity index is 300. The summed E-state index contributed by atoms with van der Waals surface area (Å²) in [6, 6.07) is 0. The van der Waals surface area contributed by atoms with Gasteiger partial charge in [-0.2, -0.15) is 0 Å². The van der Waals surface area contributed by atoms with Crippen LogP contribution < -0.4 is 0 Å². The molecule has 1 rings (SSSR count). The van der Waals surface area contributed by atoms with E-state index in [1.165, 1.54) is 6.08 Å². The Hall–Kier alpha value is -1.11. The highest BCUT2D eigenvalue weighted by Crippen LogP contribution is 2.29. The van der Waals surface area contributed by atoms with E-state index in [2.05, 4.69) is 0 Å². The van der Waals surface area contributed by atoms with E-state index < -0.39 is 30.9 Å². The highest BCUT2D eigenvalue weighted by molar-refractivity contribution is 5.84. The molecule has 0 saturated carbocycles. The average molecular weight is 246 g/mol. The van der Waals surface area contributed by atoms with E-state index in [0.29, 0.717) is 12.8 Å². The standard InChI is InChI=1S/C11H18O6/c1-2-6-3-4-8(11(15)16)17-10(6)9(14)7(13)5-12/h4,6-7,9-10,12-14H,2-3,5H2,1H3,(H,15,16). The Kier molecular flexibility index (Phi) is 4.92. The maximum absolute atomic E-state index is 10.8. The van der Waals surface area contributed by atoms with E-state index in [1.54, 1.807) is 0 Å². The van der Waals surface area contributed by atoms with Gasteiger partial charge in [0.2, 0.25) is 5.76 Å². The minimum atomic E-state index is -1.33. The first kappa shape index (κ1) is 14.0. The fourth-order valence-electron chi connectivity index (χ4n) is 1.90. The fourth-order valence-corrected chi connectivity index (χ4v) is 1.90. The molecular formula is C11H18O6. The van der Waals surface area contributed by atoms with Crippen LogP contribution in [0.5, 0.6) is 0 Å². The Morgan fingerprint density at radius 2 is 2.24 bits per heavy atom. The summed E-state index contributed by atoms with van der Waals surface area (Å²) in [5, 5.41) is 36.7. The number of carboxylic acids is 1. The molecule has 1 aliphatic rings. The molecule has 0 aliphatic carbocycles. The number of rotatable bonds is 5. The van der Waals surface area contributed by atoms with Crippen molar-refractivity contribution in [3.8, 4) is 0 Å². The average Bonchev–Trinajstić information content (AvgIpc) is 2.35. The van der Waals surface area contributed by atoms with E-state index in [1.807, 2.05) is 6.92 Å². The minimum Gasteiger partial charge on any atom is -0.480 e. The second kappa shape index (κ2) is 6.00. The number of hydrogen-bond acceptors (Lipinski definition) is 5. The maximum atomic E-state index is 10.8. The van der Waals surface area contributed by atoms with E-state index in [4.69, 9.17) is 14.9 Å². The second-order valence-electron chi connectivity index (χ2n) is 4.10. The molecule has 4 atom stereocenters. The number of aliphatic hydroxyl groups excluding tert-OH is 3. The van der Waals surface area contributed by atoms with Gasteiger partial charge in [-0.15, -0.1) is 0 Å². The number of hydrogen-bond donors (Lipinski definition) is 4. The number of carboxylic acid groups (broad SMARTS) is 1. The zero-order valence-electron chi connectivity index (χ0n) is 9.61. The zero-order chi connectivity index (χ0) is 13.0. The van der Waals surface area contributed by atoms with Gasteiger partial charge in [-0.25, -0.2) is 4.79 Å². The first-order valence-electron chi connectivity index (χ1n) is 5.58. The van der Waals surface area contributed by atoms with Crippen molar-refractivity contribution in [3.05, 3.63) is 11.8 Å². The van der Waals surface area contributed by atoms with Crippen molar-refractivity contribution in [1.82, 2.24) is 0 Å². The topological polar surface area (TPSA) is 107 Å². The van der Waals surface area contributed by atoms with Crippen molar-refractivity contribution in [2.75, 3.05) is 6.61 Å². The molecule has 0 aromatic heterocycles. The number of aliphatic carboxylic acids is 1. The van der Waals surface area contributed by atoms with E-state index in [9.17, 15) is 15.0 Å². The Labute approximate surface area is 99.1 Å². The van der Waals surface area contributed by atoms with Crippen molar-refractivity contribution in [2.24, 2.45) is 5.92 Å². The van der Waals surface area contributed by atoms with Gasteiger partial charge in [-0.3, -0.25) is 0 Å². The first-order chi connectivity index (χ1) is 8.01. The van der Waals surface area contributed by atoms with Crippen molar-refractivity contribution >= 4 is 5.97 Å². The van der Waals surface area contributed by atoms with Gasteiger partial charge in [0.1, 0.15) is 18.3 Å². The number of aliphatic hydroxyl groups is 3. The number of carbonyl (C=O) groups is 1. The lowest BCUT2D eigenvalue weighted by Gasteiger charge is -2.35. The van der Waals surface area contributed by atoms with Crippen molar-refractivity contribution < 1.29 is 30.0 Å². The molecule has 0 spiro atoms. The molecule has 0 radical (unpaired) electrons. The third-order valence-corrected chi connectivity index (χ3v) is 2.99. The monoisotopic (exact) mass is 246 g/mol. The number of allylic oxidation sites excluding steroid dienone is 1. The summed E-state index contributed by atoms with van der Waals surface area (Å²) in [7, 11) is 0. The molecule has 0 amide bonds. The Morgan fingerprint density at radius 1 is 1.59 bits per heavy atom. The summed E-state index contributed by atoms with van der Waals surface area (Å²) in [4.78, 5) is 10.8. The zero-order valence-corrected chi connectivity index (χ0v) is 9.61. The molecule has 0 aromatic rings. The first-order valence-corrected chi connectivity index (χ1v) is 5.58. The van der Waals surface area contributed by atoms with E-state index in [0.717, 1.165) is 0 Å². The van der Waals surface area contributed by atoms with E-state index >= 15 is 0 Å². The van der Waals surface area contributed by atoms with Gasteiger partial charge in [0.05, 0.1) is 6.61 Å². The molecule has 0 saturated heterocycles. The summed E-state index contributed by atoms with van der Waals surface area (Å²) in [6.07, 6.45) is -0.819. The van der Waals surface area contributed by atoms with Crippen LogP contribution in [0, 0.1) is 5.92 Å². The fraction of sp³-hybridized carbons (Fsp3) is 0.727. The lowest BCUT2D eigenvalue weighted by Crippen LogP contribution is -2.46. The van der Waals surface area contributed by atoms with Crippen LogP contribution in [0.3, 0.4) is 0 Å². The van der Waals surface area contributed by atoms with Gasteiger partial charge in [0, 0.05) is 5.92 Å². The van der Waals surface area contributed by atoms with Gasteiger partial charge in [-0.1, -0.05) is 6.92 Å². The minimum absolute atomic E-state index is 0.0747. The van der Waals surface area contributed by atoms with Gasteiger partial charge in [-0.05, 0) is 18.9 Å². The third kappa shape index (κ3) is 3.18. The molecule has 98 valence electrons. The second-order valence-corrected chi connectivity index (χ2v) is 4.10. The molecule has 4 unspecified atom stereocenters. The van der Waals surface area contributed by atoms with Crippen LogP contribution in [0.15, 0.2) is 11.8 Å². The summed E-state index contributed by atoms with van der Waals surface area (Å²) in [5.41, 5.74) is 0. The van der Waals surface area contributed by atoms with Crippen LogP contribution in [-0.4, -0.2) is 51.3 Å². The maximum Gasteiger partial charge on any atom is 0.370 e. The molecule has 0 aromatic carbocycles. The van der Waals surface area contributed by atoms with E-state index in [-0.39, 0.29) is 11.7 Å². The van der Waals surface area contributed by atoms with Crippen molar-refractivity contribution in [3.63, 3.8) is 0 Å². The Morgan fingerprint density at radius 3 is 2.71 bits per heavy atom. The third-order valence-electron chi connectivity index (χ3n) is 2.99. The predicted octanol–water partition coefficient (Wildman–Crippen LogP) is -0.516. The Balaban J connectivity index is 2.81. The highest BCUT2D eigenvalue weighted by Gasteiger charge is 2.37. The van der Waals surface area contributed by atoms with Crippen LogP contribution in [0.25, 0.3) is 0 Å². The normalized spacial score (nSPS) is 27.9. The van der Waals surface area contributed by atoms with Gasteiger partial charge < -0.3 is 25.2 Å². The summed E-state index contributed by atoms with van der Waals surface area (Å²) < 4.78 is 5.18. The molecule has 1 heterocycles. The lowest BCUT2D eigenvalue weighted by atomic mass is 9.88. The van der Waals surface area contributed by atoms with Crippen LogP contribution >= 0.6 is 0 Å². The van der Waals surface area contributed by atoms with Crippen LogP contribution in [-0.2, 0) is 9.53 Å². The molecule has 0 fully saturated rings. The van der Waals surface area contributed by atoms with Crippen LogP contribution in [0.4, 0.5) is 0 Å². The summed E-state index contributed by atoms with van der Waals surface area (Å²) in [6.45, 7) is 1.29. The van der Waals surface area contributed by atoms with Gasteiger partial charge in [0.25, 0.3) is 0 Å². The SMILES string of the molecule is CCC1CC=C(C(=O)O)OC1C(O)C(O)CO. The van der Waals surface area contributed by atoms with Gasteiger partial charge in [0.15, 0.2) is 0 Å². The van der Waals surface area contributed by atoms with Crippen molar-refractivity contribution in [2.45, 2.75) is 38.1 Å². The summed E-state index contributed by atoms with van der Waals surface area (Å²) >= 11 is 0. The molecule has 6 nitrogen and oxygen atoms in total. The molecule has 6 heteroatoms. The summed E-state index contributed by atoms with van der Waals surface area (Å²) in [5.74, 6) is -1.49. The smallest absolute Gasteiger partial charge is 0.370 e. The largest absolute Gasteiger partial charge is 0.480 e. The molecular weight excluding hydrogens is 228 g/mol. The molecule has 1 aliphatic heterocycles. The number of ether oxygens (including phenoxy) is 1. The van der Waals surface area contributed by atoms with Crippen molar-refractivity contribution in [1.29, 1.82) is 0 Å². The lowest BCUT2D eigenvalue weighted by molar-refractivity contribution is -0.146. The molecule has 17 heavy (non-hydrogen) atoms. The predicted molar refractivity (Wildman–Crippen MR) is 58.1 cm³/mol. The molecule has 4 N–H and O–H groups in total. The highest BCUT2D eigenvalue weighted by atomic mass is 16.5. The quantitative estimate of drug-likeness (QED) is 0.520. The van der Waals surface area contributed by atoms with Crippen LogP contribution in [0.2, 0.25) is 0 Å². The van der Waals surface area contributed by atoms with Gasteiger partial charge >= 0.3 is 5.97 Å². The van der Waals surface area contributed by atoms with Crippen LogP contribution in [0.1, 0.15) is 19.8 Å². The molecule has 0 bridgehead atoms.